The monoisotopic (exact) mass is 226 g/mol. The first-order valence-electron chi connectivity index (χ1n) is 5.53. The average molecular weight is 226 g/mol. The summed E-state index contributed by atoms with van der Waals surface area (Å²) < 4.78 is 1.79. The van der Waals surface area contributed by atoms with Gasteiger partial charge in [0.05, 0.1) is 18.5 Å². The molecular formula is C13H14N4. The maximum atomic E-state index is 9.23. The Morgan fingerprint density at radius 3 is 2.53 bits per heavy atom. The molecule has 1 atom stereocenters. The van der Waals surface area contributed by atoms with Crippen molar-refractivity contribution < 1.29 is 0 Å². The Balaban J connectivity index is 2.22. The predicted octanol–water partition coefficient (Wildman–Crippen LogP) is 2.20. The van der Waals surface area contributed by atoms with Gasteiger partial charge in [0.25, 0.3) is 0 Å². The molecule has 1 unspecified atom stereocenters. The molecule has 0 bridgehead atoms. The molecular weight excluding hydrogens is 212 g/mol. The van der Waals surface area contributed by atoms with Gasteiger partial charge in [0.15, 0.2) is 0 Å². The van der Waals surface area contributed by atoms with Gasteiger partial charge in [-0.05, 0) is 19.4 Å². The third-order valence-electron chi connectivity index (χ3n) is 2.68. The Morgan fingerprint density at radius 1 is 1.29 bits per heavy atom. The number of nitrogens with zero attached hydrogens (tertiary/aromatic N) is 4. The van der Waals surface area contributed by atoms with Crippen LogP contribution in [0.25, 0.3) is 0 Å². The van der Waals surface area contributed by atoms with Gasteiger partial charge in [0, 0.05) is 0 Å². The van der Waals surface area contributed by atoms with Crippen molar-refractivity contribution in [2.24, 2.45) is 0 Å². The van der Waals surface area contributed by atoms with Gasteiger partial charge in [-0.3, -0.25) is 0 Å². The fourth-order valence-corrected chi connectivity index (χ4v) is 1.81. The Hall–Kier alpha value is -2.15. The summed E-state index contributed by atoms with van der Waals surface area (Å²) in [5, 5.41) is 13.5. The summed E-state index contributed by atoms with van der Waals surface area (Å²) in [6.07, 6.45) is 0. The standard InChI is InChI=1S/C13H14N4/c1-10-15-11(2)17(16-10)9-13(8-14)12-6-4-3-5-7-12/h3-7,13H,9H2,1-2H3. The van der Waals surface area contributed by atoms with Gasteiger partial charge >= 0.3 is 0 Å². The third kappa shape index (κ3) is 2.51. The fraction of sp³-hybridized carbons (Fsp3) is 0.308. The van der Waals surface area contributed by atoms with Crippen LogP contribution >= 0.6 is 0 Å². The summed E-state index contributed by atoms with van der Waals surface area (Å²) >= 11 is 0. The normalized spacial score (nSPS) is 12.1. The lowest BCUT2D eigenvalue weighted by atomic mass is 10.0. The van der Waals surface area contributed by atoms with Crippen molar-refractivity contribution >= 4 is 0 Å². The molecule has 0 fully saturated rings. The molecule has 2 rings (SSSR count). The van der Waals surface area contributed by atoms with Crippen LogP contribution in [-0.2, 0) is 6.54 Å². The topological polar surface area (TPSA) is 54.5 Å². The molecule has 1 heterocycles. The molecule has 0 spiro atoms. The first kappa shape index (κ1) is 11.3. The van der Waals surface area contributed by atoms with Crippen molar-refractivity contribution in [3.05, 3.63) is 47.5 Å². The molecule has 86 valence electrons. The van der Waals surface area contributed by atoms with E-state index in [2.05, 4.69) is 16.2 Å². The van der Waals surface area contributed by atoms with E-state index in [4.69, 9.17) is 0 Å². The van der Waals surface area contributed by atoms with Crippen LogP contribution in [0.5, 0.6) is 0 Å². The summed E-state index contributed by atoms with van der Waals surface area (Å²) in [5.41, 5.74) is 1.02. The molecule has 1 aromatic heterocycles. The first-order valence-corrected chi connectivity index (χ1v) is 5.53. The largest absolute Gasteiger partial charge is 0.248 e. The zero-order chi connectivity index (χ0) is 12.3. The van der Waals surface area contributed by atoms with Crippen LogP contribution in [0.1, 0.15) is 23.1 Å². The highest BCUT2D eigenvalue weighted by Gasteiger charge is 2.13. The molecule has 0 N–H and O–H groups in total. The Kier molecular flexibility index (Phi) is 3.20. The molecule has 0 aliphatic heterocycles. The number of aryl methyl sites for hydroxylation is 2. The van der Waals surface area contributed by atoms with Crippen LogP contribution in [0.2, 0.25) is 0 Å². The number of nitriles is 1. The maximum Gasteiger partial charge on any atom is 0.147 e. The molecule has 4 nitrogen and oxygen atoms in total. The second-order valence-corrected chi connectivity index (χ2v) is 3.98. The van der Waals surface area contributed by atoms with E-state index in [0.717, 1.165) is 17.2 Å². The first-order chi connectivity index (χ1) is 8.20. The minimum absolute atomic E-state index is 0.184. The second kappa shape index (κ2) is 4.79. The minimum atomic E-state index is -0.184. The van der Waals surface area contributed by atoms with Crippen LogP contribution < -0.4 is 0 Å². The van der Waals surface area contributed by atoms with Gasteiger partial charge in [0.1, 0.15) is 11.6 Å². The molecule has 0 aliphatic rings. The molecule has 0 radical (unpaired) electrons. The van der Waals surface area contributed by atoms with E-state index < -0.39 is 0 Å². The van der Waals surface area contributed by atoms with Crippen molar-refractivity contribution in [1.82, 2.24) is 14.8 Å². The van der Waals surface area contributed by atoms with Crippen molar-refractivity contribution in [2.45, 2.75) is 26.3 Å². The highest BCUT2D eigenvalue weighted by Crippen LogP contribution is 2.17. The lowest BCUT2D eigenvalue weighted by Crippen LogP contribution is -2.10. The summed E-state index contributed by atoms with van der Waals surface area (Å²) in [6.45, 7) is 4.31. The van der Waals surface area contributed by atoms with Crippen molar-refractivity contribution in [2.75, 3.05) is 0 Å². The molecule has 4 heteroatoms. The number of hydrogen-bond donors (Lipinski definition) is 0. The molecule has 0 saturated heterocycles. The van der Waals surface area contributed by atoms with E-state index in [1.165, 1.54) is 0 Å². The second-order valence-electron chi connectivity index (χ2n) is 3.98. The molecule has 17 heavy (non-hydrogen) atoms. The van der Waals surface area contributed by atoms with Crippen molar-refractivity contribution in [3.63, 3.8) is 0 Å². The van der Waals surface area contributed by atoms with E-state index >= 15 is 0 Å². The summed E-state index contributed by atoms with van der Waals surface area (Å²) in [6, 6.07) is 12.1. The lowest BCUT2D eigenvalue weighted by molar-refractivity contribution is 0.559. The third-order valence-corrected chi connectivity index (χ3v) is 2.68. The zero-order valence-electron chi connectivity index (χ0n) is 9.96. The Labute approximate surface area is 101 Å². The van der Waals surface area contributed by atoms with Gasteiger partial charge < -0.3 is 0 Å². The van der Waals surface area contributed by atoms with Crippen LogP contribution in [0.15, 0.2) is 30.3 Å². The van der Waals surface area contributed by atoms with E-state index in [9.17, 15) is 5.26 Å². The lowest BCUT2D eigenvalue weighted by Gasteiger charge is -2.10. The molecule has 0 aliphatic carbocycles. The molecule has 0 saturated carbocycles. The van der Waals surface area contributed by atoms with E-state index in [1.807, 2.05) is 44.2 Å². The summed E-state index contributed by atoms with van der Waals surface area (Å²) in [4.78, 5) is 4.23. The smallest absolute Gasteiger partial charge is 0.147 e. The highest BCUT2D eigenvalue weighted by molar-refractivity contribution is 5.24. The Bertz CT molecular complexity index is 536. The zero-order valence-corrected chi connectivity index (χ0v) is 9.96. The van der Waals surface area contributed by atoms with Gasteiger partial charge in [-0.1, -0.05) is 30.3 Å². The van der Waals surface area contributed by atoms with Crippen molar-refractivity contribution in [1.29, 1.82) is 5.26 Å². The average Bonchev–Trinajstić information content (AvgIpc) is 2.66. The maximum absolute atomic E-state index is 9.23. The molecule has 1 aromatic carbocycles. The van der Waals surface area contributed by atoms with E-state index in [0.29, 0.717) is 6.54 Å². The minimum Gasteiger partial charge on any atom is -0.248 e. The highest BCUT2D eigenvalue weighted by atomic mass is 15.3. The van der Waals surface area contributed by atoms with Gasteiger partial charge in [0.2, 0.25) is 0 Å². The van der Waals surface area contributed by atoms with Gasteiger partial charge in [-0.15, -0.1) is 0 Å². The van der Waals surface area contributed by atoms with E-state index in [-0.39, 0.29) is 5.92 Å². The summed E-state index contributed by atoms with van der Waals surface area (Å²) in [5.74, 6) is 1.40. The number of hydrogen-bond acceptors (Lipinski definition) is 3. The number of aromatic nitrogens is 3. The number of rotatable bonds is 3. The Morgan fingerprint density at radius 2 is 2.00 bits per heavy atom. The number of benzene rings is 1. The quantitative estimate of drug-likeness (QED) is 0.806. The SMILES string of the molecule is Cc1nc(C)n(CC(C#N)c2ccccc2)n1. The summed E-state index contributed by atoms with van der Waals surface area (Å²) in [7, 11) is 0. The van der Waals surface area contributed by atoms with Crippen LogP contribution in [-0.4, -0.2) is 14.8 Å². The predicted molar refractivity (Wildman–Crippen MR) is 64.3 cm³/mol. The van der Waals surface area contributed by atoms with Crippen LogP contribution in [0.4, 0.5) is 0 Å². The van der Waals surface area contributed by atoms with Crippen molar-refractivity contribution in [3.8, 4) is 6.07 Å². The van der Waals surface area contributed by atoms with Crippen LogP contribution in [0.3, 0.4) is 0 Å². The van der Waals surface area contributed by atoms with Gasteiger partial charge in [-0.2, -0.15) is 10.4 Å². The van der Waals surface area contributed by atoms with Crippen LogP contribution in [0, 0.1) is 25.2 Å². The van der Waals surface area contributed by atoms with E-state index in [1.54, 1.807) is 4.68 Å². The van der Waals surface area contributed by atoms with Gasteiger partial charge in [-0.25, -0.2) is 9.67 Å². The molecule has 0 amide bonds. The molecule has 2 aromatic rings. The fourth-order valence-electron chi connectivity index (χ4n) is 1.81.